The van der Waals surface area contributed by atoms with Crippen LogP contribution in [0, 0.1) is 0 Å². The van der Waals surface area contributed by atoms with Gasteiger partial charge in [-0.1, -0.05) is 30.3 Å². The highest BCUT2D eigenvalue weighted by Crippen LogP contribution is 2.18. The second-order valence-corrected chi connectivity index (χ2v) is 5.64. The van der Waals surface area contributed by atoms with Crippen molar-refractivity contribution >= 4 is 22.5 Å². The summed E-state index contributed by atoms with van der Waals surface area (Å²) in [5.41, 5.74) is 3.48. The van der Waals surface area contributed by atoms with E-state index in [1.165, 1.54) is 0 Å². The molecule has 2 aromatic carbocycles. The molecular formula is C20H21N3O2. The number of hydrogen-bond acceptors (Lipinski definition) is 4. The minimum absolute atomic E-state index is 0.106. The van der Waals surface area contributed by atoms with E-state index in [9.17, 15) is 4.79 Å². The Morgan fingerprint density at radius 2 is 1.96 bits per heavy atom. The van der Waals surface area contributed by atoms with Gasteiger partial charge in [-0.25, -0.2) is 0 Å². The number of fused-ring (bicyclic) bond motifs is 1. The first-order valence-corrected chi connectivity index (χ1v) is 8.22. The van der Waals surface area contributed by atoms with Gasteiger partial charge in [-0.15, -0.1) is 0 Å². The summed E-state index contributed by atoms with van der Waals surface area (Å²) in [5.74, 6) is -0.106. The van der Waals surface area contributed by atoms with Gasteiger partial charge in [0.15, 0.2) is 0 Å². The van der Waals surface area contributed by atoms with Crippen molar-refractivity contribution in [3.8, 4) is 0 Å². The molecule has 2 N–H and O–H groups in total. The summed E-state index contributed by atoms with van der Waals surface area (Å²) < 4.78 is 5.06. The molecule has 0 unspecified atom stereocenters. The molecule has 0 aliphatic rings. The number of nitrogens with one attached hydrogen (secondary N) is 2. The Balaban J connectivity index is 1.72. The van der Waals surface area contributed by atoms with E-state index < -0.39 is 0 Å². The predicted molar refractivity (Wildman–Crippen MR) is 99.7 cm³/mol. The fourth-order valence-corrected chi connectivity index (χ4v) is 2.71. The van der Waals surface area contributed by atoms with Gasteiger partial charge in [0.05, 0.1) is 12.1 Å². The number of para-hydroxylation sites is 1. The first-order chi connectivity index (χ1) is 12.3. The van der Waals surface area contributed by atoms with Crippen molar-refractivity contribution in [2.75, 3.05) is 25.6 Å². The van der Waals surface area contributed by atoms with Gasteiger partial charge >= 0.3 is 0 Å². The van der Waals surface area contributed by atoms with Crippen LogP contribution in [0.3, 0.4) is 0 Å². The second-order valence-electron chi connectivity index (χ2n) is 5.64. The zero-order valence-electron chi connectivity index (χ0n) is 14.2. The Kier molecular flexibility index (Phi) is 5.59. The molecule has 0 bridgehead atoms. The van der Waals surface area contributed by atoms with E-state index in [1.807, 2.05) is 54.6 Å². The number of pyridine rings is 1. The molecule has 1 aromatic heterocycles. The van der Waals surface area contributed by atoms with Gasteiger partial charge in [0.25, 0.3) is 5.91 Å². The summed E-state index contributed by atoms with van der Waals surface area (Å²) in [6, 6.07) is 17.3. The Morgan fingerprint density at radius 1 is 1.08 bits per heavy atom. The molecular weight excluding hydrogens is 314 g/mol. The van der Waals surface area contributed by atoms with Crippen molar-refractivity contribution in [1.29, 1.82) is 0 Å². The summed E-state index contributed by atoms with van der Waals surface area (Å²) >= 11 is 0. The van der Waals surface area contributed by atoms with Gasteiger partial charge in [0, 0.05) is 43.0 Å². The second kappa shape index (κ2) is 8.26. The summed E-state index contributed by atoms with van der Waals surface area (Å²) in [6.07, 6.45) is 1.73. The maximum Gasteiger partial charge on any atom is 0.252 e. The number of aromatic nitrogens is 1. The maximum atomic E-state index is 12.6. The zero-order chi connectivity index (χ0) is 17.5. The summed E-state index contributed by atoms with van der Waals surface area (Å²) in [6.45, 7) is 1.80. The van der Waals surface area contributed by atoms with Gasteiger partial charge in [-0.2, -0.15) is 0 Å². The summed E-state index contributed by atoms with van der Waals surface area (Å²) in [7, 11) is 1.67. The zero-order valence-corrected chi connectivity index (χ0v) is 14.2. The minimum Gasteiger partial charge on any atom is -0.383 e. The fourth-order valence-electron chi connectivity index (χ4n) is 2.71. The SMILES string of the molecule is COCCNc1ccccc1CNC(=O)c1cccc2ncccc12. The lowest BCUT2D eigenvalue weighted by atomic mass is 10.1. The number of carbonyl (C=O) groups excluding carboxylic acids is 1. The van der Waals surface area contributed by atoms with E-state index >= 15 is 0 Å². The van der Waals surface area contributed by atoms with Crippen molar-refractivity contribution in [3.05, 3.63) is 71.9 Å². The fraction of sp³-hybridized carbons (Fsp3) is 0.200. The molecule has 1 amide bonds. The number of nitrogens with zero attached hydrogens (tertiary/aromatic N) is 1. The molecule has 3 aromatic rings. The number of methoxy groups -OCH3 is 1. The van der Waals surface area contributed by atoms with Gasteiger partial charge < -0.3 is 15.4 Å². The van der Waals surface area contributed by atoms with Crippen LogP contribution < -0.4 is 10.6 Å². The molecule has 0 atom stereocenters. The topological polar surface area (TPSA) is 63.2 Å². The van der Waals surface area contributed by atoms with Crippen molar-refractivity contribution in [3.63, 3.8) is 0 Å². The number of ether oxygens (including phenoxy) is 1. The van der Waals surface area contributed by atoms with Crippen molar-refractivity contribution < 1.29 is 9.53 Å². The van der Waals surface area contributed by atoms with E-state index in [2.05, 4.69) is 15.6 Å². The molecule has 3 rings (SSSR count). The lowest BCUT2D eigenvalue weighted by Gasteiger charge is -2.13. The minimum atomic E-state index is -0.106. The van der Waals surface area contributed by atoms with E-state index in [-0.39, 0.29) is 5.91 Å². The molecule has 0 aliphatic heterocycles. The normalized spacial score (nSPS) is 10.6. The quantitative estimate of drug-likeness (QED) is 0.651. The molecule has 0 saturated carbocycles. The lowest BCUT2D eigenvalue weighted by Crippen LogP contribution is -2.23. The van der Waals surface area contributed by atoms with Crippen molar-refractivity contribution in [2.45, 2.75) is 6.54 Å². The molecule has 0 radical (unpaired) electrons. The molecule has 25 heavy (non-hydrogen) atoms. The number of benzene rings is 2. The third kappa shape index (κ3) is 4.14. The Morgan fingerprint density at radius 3 is 2.84 bits per heavy atom. The number of anilines is 1. The molecule has 5 nitrogen and oxygen atoms in total. The van der Waals surface area contributed by atoms with Gasteiger partial charge in [-0.05, 0) is 29.8 Å². The van der Waals surface area contributed by atoms with E-state index in [0.29, 0.717) is 18.7 Å². The van der Waals surface area contributed by atoms with Gasteiger partial charge in [0.1, 0.15) is 0 Å². The molecule has 128 valence electrons. The summed E-state index contributed by atoms with van der Waals surface area (Å²) in [5, 5.41) is 7.18. The highest BCUT2D eigenvalue weighted by Gasteiger charge is 2.10. The number of hydrogen-bond donors (Lipinski definition) is 2. The highest BCUT2D eigenvalue weighted by molar-refractivity contribution is 6.06. The van der Waals surface area contributed by atoms with Crippen molar-refractivity contribution in [2.24, 2.45) is 0 Å². The molecule has 0 fully saturated rings. The Labute approximate surface area is 147 Å². The molecule has 1 heterocycles. The van der Waals surface area contributed by atoms with Crippen LogP contribution in [0.1, 0.15) is 15.9 Å². The smallest absolute Gasteiger partial charge is 0.252 e. The Bertz CT molecular complexity index is 859. The largest absolute Gasteiger partial charge is 0.383 e. The average Bonchev–Trinajstić information content (AvgIpc) is 2.66. The first kappa shape index (κ1) is 16.9. The number of rotatable bonds is 7. The van der Waals surface area contributed by atoms with Crippen LogP contribution in [0.25, 0.3) is 10.9 Å². The predicted octanol–water partition coefficient (Wildman–Crippen LogP) is 3.22. The van der Waals surface area contributed by atoms with Crippen LogP contribution in [0.4, 0.5) is 5.69 Å². The third-order valence-electron chi connectivity index (χ3n) is 3.97. The van der Waals surface area contributed by atoms with Crippen LogP contribution >= 0.6 is 0 Å². The van der Waals surface area contributed by atoms with E-state index in [4.69, 9.17) is 4.74 Å². The Hall–Kier alpha value is -2.92. The highest BCUT2D eigenvalue weighted by atomic mass is 16.5. The van der Waals surface area contributed by atoms with Crippen LogP contribution in [-0.4, -0.2) is 31.2 Å². The monoisotopic (exact) mass is 335 g/mol. The average molecular weight is 335 g/mol. The third-order valence-corrected chi connectivity index (χ3v) is 3.97. The van der Waals surface area contributed by atoms with E-state index in [0.717, 1.165) is 28.7 Å². The van der Waals surface area contributed by atoms with Gasteiger partial charge in [-0.3, -0.25) is 9.78 Å². The van der Waals surface area contributed by atoms with E-state index in [1.54, 1.807) is 13.3 Å². The first-order valence-electron chi connectivity index (χ1n) is 8.22. The maximum absolute atomic E-state index is 12.6. The molecule has 0 aliphatic carbocycles. The van der Waals surface area contributed by atoms with Crippen LogP contribution in [0.5, 0.6) is 0 Å². The summed E-state index contributed by atoms with van der Waals surface area (Å²) in [4.78, 5) is 16.9. The van der Waals surface area contributed by atoms with Crippen LogP contribution in [-0.2, 0) is 11.3 Å². The van der Waals surface area contributed by atoms with Crippen LogP contribution in [0.2, 0.25) is 0 Å². The lowest BCUT2D eigenvalue weighted by molar-refractivity contribution is 0.0952. The van der Waals surface area contributed by atoms with Crippen molar-refractivity contribution in [1.82, 2.24) is 10.3 Å². The van der Waals surface area contributed by atoms with Crippen LogP contribution in [0.15, 0.2) is 60.8 Å². The molecule has 5 heteroatoms. The number of amides is 1. The molecule has 0 saturated heterocycles. The molecule has 0 spiro atoms. The standard InChI is InChI=1S/C20H21N3O2/c1-25-13-12-22-18-9-3-2-6-15(18)14-23-20(24)17-7-4-10-19-16(17)8-5-11-21-19/h2-11,22H,12-14H2,1H3,(H,23,24). The van der Waals surface area contributed by atoms with Gasteiger partial charge in [0.2, 0.25) is 0 Å². The number of carbonyl (C=O) groups is 1.